The predicted octanol–water partition coefficient (Wildman–Crippen LogP) is 12.2. The maximum absolute atomic E-state index is 12.1. The molecule has 3 N–H and O–H groups in total. The van der Waals surface area contributed by atoms with Gasteiger partial charge in [0.05, 0.1) is 13.2 Å². The summed E-state index contributed by atoms with van der Waals surface area (Å²) < 4.78 is 26.8. The van der Waals surface area contributed by atoms with Crippen LogP contribution in [0.4, 0.5) is 0 Å². The van der Waals surface area contributed by atoms with E-state index in [2.05, 4.69) is 110 Å². The Bertz CT molecular complexity index is 1250. The van der Waals surface area contributed by atoms with Crippen molar-refractivity contribution in [3.8, 4) is 0 Å². The van der Waals surface area contributed by atoms with Crippen LogP contribution in [0.2, 0.25) is 0 Å². The van der Waals surface area contributed by atoms with Crippen molar-refractivity contribution < 1.29 is 37.9 Å². The van der Waals surface area contributed by atoms with Crippen molar-refractivity contribution in [1.82, 2.24) is 5.32 Å². The van der Waals surface area contributed by atoms with Gasteiger partial charge in [-0.3, -0.25) is 18.6 Å². The van der Waals surface area contributed by atoms with Crippen LogP contribution in [-0.2, 0) is 27.9 Å². The lowest BCUT2D eigenvalue weighted by atomic mass is 10.1. The van der Waals surface area contributed by atoms with Gasteiger partial charge in [-0.1, -0.05) is 150 Å². The average Bonchev–Trinajstić information content (AvgIpc) is 3.20. The highest BCUT2D eigenvalue weighted by Crippen LogP contribution is 2.42. The third-order valence-electron chi connectivity index (χ3n) is 8.50. The van der Waals surface area contributed by atoms with Gasteiger partial charge in [-0.2, -0.15) is 0 Å². The van der Waals surface area contributed by atoms with Gasteiger partial charge in [0.25, 0.3) is 0 Å². The van der Waals surface area contributed by atoms with Gasteiger partial charge in [-0.15, -0.1) is 0 Å². The molecule has 57 heavy (non-hydrogen) atoms. The number of phosphoric acid groups is 1. The fraction of sp³-hybridized carbons (Fsp3) is 0.617. The van der Waals surface area contributed by atoms with Crippen molar-refractivity contribution in [3.63, 3.8) is 0 Å². The zero-order valence-corrected chi connectivity index (χ0v) is 36.4. The molecule has 0 aromatic carbocycles. The molecule has 0 spiro atoms. The van der Waals surface area contributed by atoms with E-state index in [0.29, 0.717) is 12.8 Å². The van der Waals surface area contributed by atoms with Gasteiger partial charge in [0.2, 0.25) is 5.91 Å². The Morgan fingerprint density at radius 3 is 1.54 bits per heavy atom. The first-order chi connectivity index (χ1) is 27.8. The van der Waals surface area contributed by atoms with E-state index in [1.165, 1.54) is 38.5 Å². The smallest absolute Gasteiger partial charge is 0.463 e. The van der Waals surface area contributed by atoms with E-state index in [-0.39, 0.29) is 32.1 Å². The number of allylic oxidation sites excluding steroid dienone is 16. The molecule has 2 unspecified atom stereocenters. The Balaban J connectivity index is 3.72. The van der Waals surface area contributed by atoms with Gasteiger partial charge in [0, 0.05) is 19.4 Å². The van der Waals surface area contributed by atoms with E-state index in [9.17, 15) is 24.2 Å². The molecular formula is C47H78NO8P. The fourth-order valence-corrected chi connectivity index (χ4v) is 6.00. The maximum atomic E-state index is 12.1. The van der Waals surface area contributed by atoms with Crippen LogP contribution in [0, 0.1) is 0 Å². The molecule has 1 amide bonds. The molecule has 0 saturated heterocycles. The molecular weight excluding hydrogens is 737 g/mol. The zero-order chi connectivity index (χ0) is 41.8. The van der Waals surface area contributed by atoms with Crippen molar-refractivity contribution >= 4 is 19.7 Å². The van der Waals surface area contributed by atoms with Gasteiger partial charge in [0.15, 0.2) is 0 Å². The van der Waals surface area contributed by atoms with Crippen LogP contribution >= 0.6 is 7.82 Å². The maximum Gasteiger partial charge on any atom is 0.472 e. The third kappa shape index (κ3) is 43.9. The second kappa shape index (κ2) is 42.5. The second-order valence-corrected chi connectivity index (χ2v) is 15.4. The minimum Gasteiger partial charge on any atom is -0.463 e. The molecule has 2 atom stereocenters. The number of carbonyl (C=O) groups excluding carboxylic acids is 2. The first-order valence-corrected chi connectivity index (χ1v) is 23.2. The van der Waals surface area contributed by atoms with Crippen LogP contribution in [0.1, 0.15) is 155 Å². The Hall–Kier alpha value is -3.07. The van der Waals surface area contributed by atoms with Gasteiger partial charge >= 0.3 is 13.8 Å². The topological polar surface area (TPSA) is 131 Å². The van der Waals surface area contributed by atoms with Gasteiger partial charge in [-0.25, -0.2) is 4.57 Å². The van der Waals surface area contributed by atoms with Crippen LogP contribution in [0.3, 0.4) is 0 Å². The van der Waals surface area contributed by atoms with Crippen molar-refractivity contribution in [2.45, 2.75) is 161 Å². The highest BCUT2D eigenvalue weighted by Gasteiger charge is 2.23. The summed E-state index contributed by atoms with van der Waals surface area (Å²) in [6, 6.07) is 0. The van der Waals surface area contributed by atoms with E-state index in [0.717, 1.165) is 83.5 Å². The largest absolute Gasteiger partial charge is 0.472 e. The third-order valence-corrected chi connectivity index (χ3v) is 9.48. The molecule has 0 aliphatic carbocycles. The number of aliphatic hydroxyl groups is 1. The van der Waals surface area contributed by atoms with E-state index in [4.69, 9.17) is 13.8 Å². The Morgan fingerprint density at radius 2 is 1.02 bits per heavy atom. The minimum absolute atomic E-state index is 0.0615. The lowest BCUT2D eigenvalue weighted by Crippen LogP contribution is -2.27. The molecule has 0 aromatic rings. The summed E-state index contributed by atoms with van der Waals surface area (Å²) >= 11 is 0. The SMILES string of the molecule is CC/C=C\C/C=C\C/C=C\C/C=C\C/C=C\CCCC(=O)OCC(O)COP(=O)(O)OCCNC(=O)CCCCCCCC/C=C\C/C=C\C/C=C\CCCCC. The van der Waals surface area contributed by atoms with Gasteiger partial charge in [-0.05, 0) is 89.9 Å². The molecule has 0 radical (unpaired) electrons. The summed E-state index contributed by atoms with van der Waals surface area (Å²) in [5.41, 5.74) is 0. The second-order valence-electron chi connectivity index (χ2n) is 13.9. The van der Waals surface area contributed by atoms with Crippen LogP contribution in [0.25, 0.3) is 0 Å². The number of rotatable bonds is 39. The highest BCUT2D eigenvalue weighted by atomic mass is 31.2. The number of esters is 1. The molecule has 0 heterocycles. The molecule has 10 heteroatoms. The molecule has 0 fully saturated rings. The summed E-state index contributed by atoms with van der Waals surface area (Å²) in [7, 11) is -4.44. The fourth-order valence-electron chi connectivity index (χ4n) is 5.24. The minimum atomic E-state index is -4.44. The van der Waals surface area contributed by atoms with Crippen molar-refractivity contribution in [2.24, 2.45) is 0 Å². The Labute approximate surface area is 346 Å². The van der Waals surface area contributed by atoms with E-state index < -0.39 is 26.5 Å². The molecule has 0 saturated carbocycles. The number of aliphatic hydroxyl groups excluding tert-OH is 1. The van der Waals surface area contributed by atoms with E-state index >= 15 is 0 Å². The normalized spacial score (nSPS) is 14.2. The number of unbranched alkanes of at least 4 members (excludes halogenated alkanes) is 10. The summed E-state index contributed by atoms with van der Waals surface area (Å²) in [6.07, 6.45) is 54.8. The molecule has 0 aromatic heterocycles. The van der Waals surface area contributed by atoms with Crippen molar-refractivity contribution in [1.29, 1.82) is 0 Å². The number of hydrogen-bond acceptors (Lipinski definition) is 7. The number of hydrogen-bond donors (Lipinski definition) is 3. The van der Waals surface area contributed by atoms with Gasteiger partial charge < -0.3 is 20.1 Å². The number of carbonyl (C=O) groups is 2. The molecule has 9 nitrogen and oxygen atoms in total. The molecule has 0 aliphatic heterocycles. The monoisotopic (exact) mass is 816 g/mol. The van der Waals surface area contributed by atoms with Crippen molar-refractivity contribution in [2.75, 3.05) is 26.4 Å². The lowest BCUT2D eigenvalue weighted by molar-refractivity contribution is -0.147. The highest BCUT2D eigenvalue weighted by molar-refractivity contribution is 7.47. The number of ether oxygens (including phenoxy) is 1. The number of amides is 1. The van der Waals surface area contributed by atoms with E-state index in [1.54, 1.807) is 0 Å². The molecule has 0 rings (SSSR count). The first kappa shape index (κ1) is 53.9. The number of nitrogens with one attached hydrogen (secondary N) is 1. The Kier molecular flexibility index (Phi) is 40.2. The zero-order valence-electron chi connectivity index (χ0n) is 35.5. The summed E-state index contributed by atoms with van der Waals surface area (Å²) in [5.74, 6) is -0.597. The molecule has 324 valence electrons. The predicted molar refractivity (Wildman–Crippen MR) is 238 cm³/mol. The van der Waals surface area contributed by atoms with Crippen LogP contribution < -0.4 is 5.32 Å². The van der Waals surface area contributed by atoms with Gasteiger partial charge in [0.1, 0.15) is 12.7 Å². The summed E-state index contributed by atoms with van der Waals surface area (Å²) in [6.45, 7) is 3.31. The van der Waals surface area contributed by atoms with Crippen LogP contribution in [0.15, 0.2) is 97.2 Å². The van der Waals surface area contributed by atoms with Crippen LogP contribution in [0.5, 0.6) is 0 Å². The first-order valence-electron chi connectivity index (χ1n) is 21.7. The lowest BCUT2D eigenvalue weighted by Gasteiger charge is -2.15. The van der Waals surface area contributed by atoms with Crippen LogP contribution in [-0.4, -0.2) is 54.3 Å². The standard InChI is InChI=1S/C47H78NO8P/c1-3-5-7-9-11-13-15-17-19-21-22-24-25-27-29-31-33-35-37-39-46(50)48-41-42-55-57(52,53)56-44-45(49)43-54-47(51)40-38-36-34-32-30-28-26-23-20-18-16-14-12-10-8-6-4-2/h6,8,11-14,17-20,22,24,26,28,32,34,45,49H,3-5,7,9-10,15-16,21,23,25,27,29-31,33,35-44H2,1-2H3,(H,48,50)(H,52,53)/b8-6-,13-11-,14-12-,19-17-,20-18-,24-22-,28-26-,34-32-. The summed E-state index contributed by atoms with van der Waals surface area (Å²) in [4.78, 5) is 33.9. The van der Waals surface area contributed by atoms with Crippen molar-refractivity contribution in [3.05, 3.63) is 97.2 Å². The van der Waals surface area contributed by atoms with E-state index in [1.807, 2.05) is 6.08 Å². The Morgan fingerprint density at radius 1 is 0.561 bits per heavy atom. The quantitative estimate of drug-likeness (QED) is 0.0242. The molecule has 0 bridgehead atoms. The average molecular weight is 816 g/mol. The summed E-state index contributed by atoms with van der Waals surface area (Å²) in [5, 5.41) is 12.7. The number of phosphoric ester groups is 1. The molecule has 0 aliphatic rings.